The van der Waals surface area contributed by atoms with Crippen LogP contribution in [0.25, 0.3) is 11.2 Å². The number of aliphatic hydroxyl groups is 2. The number of nitrogens with one attached hydrogen (secondary N) is 9. The number of hydrogen-bond donors (Lipinski definition) is 14. The normalized spacial score (nSPS) is 25.9. The number of methoxy groups -OCH3 is 3. The molecule has 4 aliphatic rings. The van der Waals surface area contributed by atoms with Crippen molar-refractivity contribution < 1.29 is 130 Å². The van der Waals surface area contributed by atoms with Crippen LogP contribution < -0.4 is 48.7 Å². The minimum Gasteiger partial charge on any atom is -0.480 e. The topological polar surface area (TPSA) is 595 Å². The number of nitrogens with two attached hydrogens (primary N) is 1. The molecule has 2 saturated heterocycles. The lowest BCUT2D eigenvalue weighted by Gasteiger charge is -2.42. The molecule has 0 radical (unpaired) electrons. The molecule has 0 spiro atoms. The van der Waals surface area contributed by atoms with E-state index in [0.717, 1.165) is 39.0 Å². The molecular formula is C89H128N14O27S4. The number of benzene rings is 1. The van der Waals surface area contributed by atoms with E-state index in [1.54, 1.807) is 60.1 Å². The number of ketones is 3. The van der Waals surface area contributed by atoms with E-state index in [-0.39, 0.29) is 147 Å². The van der Waals surface area contributed by atoms with Crippen LogP contribution in [0.4, 0.5) is 21.2 Å². The van der Waals surface area contributed by atoms with Gasteiger partial charge < -0.3 is 105 Å². The number of anilines is 2. The lowest BCUT2D eigenvalue weighted by molar-refractivity contribution is -0.265. The lowest BCUT2D eigenvalue weighted by atomic mass is 9.78. The second kappa shape index (κ2) is 56.4. The third kappa shape index (κ3) is 35.9. The molecule has 3 aromatic rings. The average Bonchev–Trinajstić information content (AvgIpc) is 0.762. The number of ether oxygens (including phenoxy) is 9. The van der Waals surface area contributed by atoms with Crippen molar-refractivity contribution in [2.24, 2.45) is 35.5 Å². The molecule has 2 aromatic heterocycles. The fraction of sp³-hybridized carbons (Fsp3) is 0.618. The van der Waals surface area contributed by atoms with E-state index < -0.39 is 174 Å². The van der Waals surface area contributed by atoms with Crippen molar-refractivity contribution in [2.45, 2.75) is 231 Å². The Labute approximate surface area is 793 Å². The van der Waals surface area contributed by atoms with Crippen LogP contribution in [0.15, 0.2) is 78.1 Å². The minimum absolute atomic E-state index is 0.00507. The molecule has 45 heteroatoms. The van der Waals surface area contributed by atoms with Gasteiger partial charge in [-0.05, 0) is 138 Å². The summed E-state index contributed by atoms with van der Waals surface area (Å²) in [7, 11) is 9.13. The number of carboxylic acids is 2. The number of allylic oxidation sites excluding steroid dienone is 6. The Morgan fingerprint density at radius 1 is 0.746 bits per heavy atom. The van der Waals surface area contributed by atoms with Crippen LogP contribution in [-0.4, -0.2) is 285 Å². The zero-order valence-corrected chi connectivity index (χ0v) is 80.5. The molecule has 1 aromatic carbocycles. The monoisotopic (exact) mass is 1950 g/mol. The summed E-state index contributed by atoms with van der Waals surface area (Å²) in [4.78, 5) is 201. The zero-order valence-electron chi connectivity index (χ0n) is 77.2. The molecular weight excluding hydrogens is 1830 g/mol. The molecule has 7 rings (SSSR count). The van der Waals surface area contributed by atoms with E-state index in [9.17, 15) is 87.5 Å². The van der Waals surface area contributed by atoms with Crippen LogP contribution in [0.5, 0.6) is 0 Å². The van der Waals surface area contributed by atoms with E-state index >= 15 is 0 Å². The van der Waals surface area contributed by atoms with E-state index in [2.05, 4.69) is 51.9 Å². The van der Waals surface area contributed by atoms with Gasteiger partial charge in [0.25, 0.3) is 17.6 Å². The number of rotatable bonds is 38. The molecule has 15 N–H and O–H groups in total. The van der Waals surface area contributed by atoms with Crippen molar-refractivity contribution in [3.05, 3.63) is 94.8 Å². The van der Waals surface area contributed by atoms with Gasteiger partial charge in [0, 0.05) is 119 Å². The summed E-state index contributed by atoms with van der Waals surface area (Å²) in [5, 5.41) is 64.3. The highest BCUT2D eigenvalue weighted by molar-refractivity contribution is 8.77. The summed E-state index contributed by atoms with van der Waals surface area (Å²) >= 11 is 0. The number of carboxylic acid groups (broad SMARTS) is 2. The number of nitrogen functional groups attached to an aromatic ring is 1. The first kappa shape index (κ1) is 111. The number of aromatic nitrogens is 4. The molecule has 2 bridgehead atoms. The first-order valence-electron chi connectivity index (χ1n) is 44.4. The van der Waals surface area contributed by atoms with Gasteiger partial charge >= 0.3 is 30.2 Å². The highest BCUT2D eigenvalue weighted by atomic mass is 33.1. The number of nitrogens with zero attached hydrogens (tertiary/aromatic N) is 4. The summed E-state index contributed by atoms with van der Waals surface area (Å²) in [6, 6.07) is 0.494. The standard InChI is InChI=1S/C89H128N14O27S4/c1-49-17-13-12-14-18-50(2)68(122-9)43-61-26-20-55(7)89(121,130-61)77(110)82(113)103-31-16-15-19-65(103)85(118)129-69(44-66(105)51(3)40-54(6)75(109)76(124-11)74(108)53(5)39-49)52(4)41-57-21-28-67(70(42-57)123-10)125-32-33-127-88(120)128-35-38-132-131-36-30-71(106)93-47-63(95-56(8)104)81(112)98-64(84(116)117)48-134-133-37-34-126-87(119)102-101-72(107)29-27-62(83(114)115)97-80(111)58-22-24-59(25-23-58)92-45-60-46-94-79-73(96-60)78(90)99-86(91)100-79/h12-14,17-18,22-25,40,46,49,51-53,55,57,61-65,67-70,75-76,92,109,121H,15-16,19-21,26-39,41-45,47-48H2,1-11H3,(H,93,106)(H,95,104)(H,97,111)(H,98,112)(H,101,107)(H,102,119)(H,114,115)(H,116,117)(H4,90,91,94,99,100)/b14-12+,17-13+,50-18+,54-40+/t49-,51-,52-,53-,55-,57+,61+,62+,63+,64+,65+,67-,68+,69+,70-,75-,76+,89-/m1/s1. The van der Waals surface area contributed by atoms with Crippen LogP contribution in [0.1, 0.15) is 168 Å². The van der Waals surface area contributed by atoms with Gasteiger partial charge in [-0.1, -0.05) is 114 Å². The van der Waals surface area contributed by atoms with Crippen LogP contribution in [0.3, 0.4) is 0 Å². The van der Waals surface area contributed by atoms with Crippen molar-refractivity contribution in [1.29, 1.82) is 5.41 Å². The van der Waals surface area contributed by atoms with Gasteiger partial charge in [-0.15, -0.1) is 0 Å². The molecule has 3 fully saturated rings. The van der Waals surface area contributed by atoms with Crippen molar-refractivity contribution >= 4 is 149 Å². The van der Waals surface area contributed by atoms with Gasteiger partial charge in [-0.3, -0.25) is 54.0 Å². The van der Waals surface area contributed by atoms with Crippen LogP contribution >= 0.6 is 43.2 Å². The van der Waals surface area contributed by atoms with Crippen LogP contribution in [0.2, 0.25) is 0 Å². The molecule has 18 atom stereocenters. The summed E-state index contributed by atoms with van der Waals surface area (Å²) in [6.45, 7) is 13.0. The molecule has 1 aliphatic carbocycles. The Morgan fingerprint density at radius 3 is 2.16 bits per heavy atom. The van der Waals surface area contributed by atoms with Crippen LogP contribution in [0, 0.1) is 40.9 Å². The molecule has 1 saturated carbocycles. The van der Waals surface area contributed by atoms with Crippen molar-refractivity contribution in [3.63, 3.8) is 0 Å². The van der Waals surface area contributed by atoms with Gasteiger partial charge in [0.15, 0.2) is 22.4 Å². The fourth-order valence-electron chi connectivity index (χ4n) is 15.6. The maximum absolute atomic E-state index is 14.8. The number of carbonyl (C=O) groups excluding carboxylic acids is 12. The van der Waals surface area contributed by atoms with Crippen LogP contribution in [-0.2, 0) is 102 Å². The zero-order chi connectivity index (χ0) is 98.3. The number of piperidine rings is 1. The summed E-state index contributed by atoms with van der Waals surface area (Å²) in [6.07, 6.45) is 8.46. The SMILES string of the molecule is CO[C@H]1C[C@@H]2CC[C@@H](C)[C@@](O)(O2)C(=O)C(=O)N2CCCC[C@H]2C(=O)O[C@H]([C@H](C)C[C@@H]2CC[C@@H](OCCOC(=O)OCCSSCCC(=O)NC[C@H](NC(C)=O)C(=O)N[C@@H](CSSCCOC(=O)NNC(=O)CC[C@H](NC(=O)c3ccc(NCc4cnc5nc(N)[nH]c(=N)c5n4)cc3)C(=O)O)C(=O)O)[C@H](OC)C2)CC(=O)[C@H](C)/C=C(\C)[C@@H](O)[C@@H](OC)C(=O)[C@H](C)C[C@H](C)/C=C/C=C/C=C/1C. The Hall–Kier alpha value is -10.1. The number of Topliss-reactive ketones (excluding diaryl/α,β-unsaturated/α-hetero) is 3. The molecule has 3 aliphatic heterocycles. The Kier molecular flexibility index (Phi) is 46.7. The number of carbonyl (C=O) groups is 14. The molecule has 7 amide bonds. The largest absolute Gasteiger partial charge is 0.508 e. The van der Waals surface area contributed by atoms with Crippen molar-refractivity contribution in [3.8, 4) is 0 Å². The first-order chi connectivity index (χ1) is 63.8. The van der Waals surface area contributed by atoms with E-state index in [1.807, 2.05) is 56.6 Å². The van der Waals surface area contributed by atoms with E-state index in [1.165, 1.54) is 47.0 Å². The highest BCUT2D eigenvalue weighted by Crippen LogP contribution is 2.39. The summed E-state index contributed by atoms with van der Waals surface area (Å²) < 4.78 is 51.8. The van der Waals surface area contributed by atoms with Crippen molar-refractivity contribution in [2.75, 3.05) is 94.9 Å². The average molecular weight is 1950 g/mol. The van der Waals surface area contributed by atoms with E-state index in [4.69, 9.17) is 53.8 Å². The lowest BCUT2D eigenvalue weighted by Crippen LogP contribution is -2.61. The van der Waals surface area contributed by atoms with Gasteiger partial charge in [0.05, 0.1) is 49.5 Å². The number of fused-ring (bicyclic) bond motifs is 4. The van der Waals surface area contributed by atoms with Gasteiger partial charge in [-0.2, -0.15) is 4.98 Å². The quantitative estimate of drug-likeness (QED) is 0.00556. The third-order valence-electron chi connectivity index (χ3n) is 23.2. The molecule has 5 heterocycles. The number of aromatic amines is 1. The molecule has 0 unspecified atom stereocenters. The summed E-state index contributed by atoms with van der Waals surface area (Å²) in [5.74, 6) is -14.8. The minimum atomic E-state index is -2.51. The number of H-pyrrole nitrogens is 1. The molecule has 740 valence electrons. The first-order valence-corrected chi connectivity index (χ1v) is 49.4. The predicted molar refractivity (Wildman–Crippen MR) is 497 cm³/mol. The second-order valence-electron chi connectivity index (χ2n) is 33.5. The van der Waals surface area contributed by atoms with Crippen molar-refractivity contribution in [1.82, 2.24) is 57.0 Å². The summed E-state index contributed by atoms with van der Waals surface area (Å²) in [5.41, 5.74) is 12.4. The predicted octanol–water partition coefficient (Wildman–Crippen LogP) is 6.46. The smallest absolute Gasteiger partial charge is 0.480 e. The number of hydrazine groups is 1. The Bertz CT molecular complexity index is 4700. The number of cyclic esters (lactones) is 1. The fourth-order valence-corrected chi connectivity index (χ4v) is 19.4. The number of esters is 1. The number of aliphatic carboxylic acids is 2. The Morgan fingerprint density at radius 2 is 1.46 bits per heavy atom. The van der Waals surface area contributed by atoms with Gasteiger partial charge in [0.1, 0.15) is 68.1 Å². The number of amides is 7. The number of aliphatic hydroxyl groups excluding tert-OH is 1. The maximum atomic E-state index is 14.8. The highest BCUT2D eigenvalue weighted by Gasteiger charge is 2.53. The maximum Gasteiger partial charge on any atom is 0.508 e. The van der Waals surface area contributed by atoms with E-state index in [0.29, 0.717) is 80.5 Å². The second-order valence-corrected chi connectivity index (χ2v) is 38.8. The molecule has 41 nitrogen and oxygen atoms in total. The third-order valence-corrected chi connectivity index (χ3v) is 28.0. The number of hydrogen-bond acceptors (Lipinski definition) is 35. The van der Waals surface area contributed by atoms with Gasteiger partial charge in [0.2, 0.25) is 35.4 Å². The van der Waals surface area contributed by atoms with Gasteiger partial charge in [-0.25, -0.2) is 39.4 Å². The molecule has 134 heavy (non-hydrogen) atoms. The Balaban J connectivity index is 0.783.